The summed E-state index contributed by atoms with van der Waals surface area (Å²) in [4.78, 5) is 11.2. The molecule has 0 atom stereocenters. The van der Waals surface area contributed by atoms with E-state index in [2.05, 4.69) is 63.4 Å². The Labute approximate surface area is 96.7 Å². The molecule has 0 aliphatic carbocycles. The molecule has 15 heavy (non-hydrogen) atoms. The van der Waals surface area contributed by atoms with Gasteiger partial charge in [0.2, 0.25) is 0 Å². The molecule has 0 bridgehead atoms. The fraction of sp³-hybridized carbons (Fsp3) is 1.00. The molecular weight excluding hydrogens is 202 g/mol. The Morgan fingerprint density at radius 3 is 1.13 bits per heavy atom. The Kier molecular flexibility index (Phi) is 6.67. The summed E-state index contributed by atoms with van der Waals surface area (Å²) in [6.45, 7) is 15.5. The Bertz CT molecular complexity index is 143. The standard InChI is InChI=1S/C11H29N3Si/c1-8-15(12-9(2)3,13-10(4)5)14-11(6)7/h9-14H,8H2,1-7H3. The molecule has 0 aliphatic rings. The maximum Gasteiger partial charge on any atom is 0.281 e. The van der Waals surface area contributed by atoms with Crippen LogP contribution in [0.1, 0.15) is 48.5 Å². The second-order valence-electron chi connectivity index (χ2n) is 5.16. The Morgan fingerprint density at radius 2 is 1.00 bits per heavy atom. The van der Waals surface area contributed by atoms with Crippen LogP contribution in [0, 0.1) is 0 Å². The molecule has 0 unspecified atom stereocenters. The van der Waals surface area contributed by atoms with Crippen molar-refractivity contribution in [2.45, 2.75) is 72.6 Å². The van der Waals surface area contributed by atoms with Gasteiger partial charge in [0, 0.05) is 0 Å². The van der Waals surface area contributed by atoms with Crippen molar-refractivity contribution in [3.05, 3.63) is 0 Å². The molecule has 0 aromatic heterocycles. The van der Waals surface area contributed by atoms with Gasteiger partial charge in [-0.3, -0.25) is 0 Å². The summed E-state index contributed by atoms with van der Waals surface area (Å²) in [6, 6.07) is 2.72. The SMILES string of the molecule is CC[Si](NC(C)C)(NC(C)C)NC(C)C. The number of rotatable bonds is 7. The predicted molar refractivity (Wildman–Crippen MR) is 71.1 cm³/mol. The Morgan fingerprint density at radius 1 is 0.733 bits per heavy atom. The first-order valence-corrected chi connectivity index (χ1v) is 8.35. The van der Waals surface area contributed by atoms with Gasteiger partial charge in [0.1, 0.15) is 0 Å². The van der Waals surface area contributed by atoms with Crippen LogP contribution >= 0.6 is 0 Å². The smallest absolute Gasteiger partial charge is 0.281 e. The van der Waals surface area contributed by atoms with E-state index in [1.54, 1.807) is 0 Å². The van der Waals surface area contributed by atoms with Crippen LogP contribution in [-0.2, 0) is 0 Å². The van der Waals surface area contributed by atoms with Crippen molar-refractivity contribution >= 4 is 8.56 Å². The van der Waals surface area contributed by atoms with E-state index in [1.165, 1.54) is 0 Å². The topological polar surface area (TPSA) is 36.1 Å². The highest BCUT2D eigenvalue weighted by Gasteiger charge is 2.33. The van der Waals surface area contributed by atoms with Gasteiger partial charge in [0.05, 0.1) is 0 Å². The fourth-order valence-electron chi connectivity index (χ4n) is 1.91. The molecule has 0 spiro atoms. The lowest BCUT2D eigenvalue weighted by molar-refractivity contribution is 0.595. The summed E-state index contributed by atoms with van der Waals surface area (Å²) in [5, 5.41) is 0. The minimum atomic E-state index is -1.71. The molecule has 0 fully saturated rings. The minimum Gasteiger partial charge on any atom is -0.311 e. The maximum absolute atomic E-state index is 3.72. The van der Waals surface area contributed by atoms with Gasteiger partial charge >= 0.3 is 0 Å². The molecule has 3 N–H and O–H groups in total. The van der Waals surface area contributed by atoms with Gasteiger partial charge in [0.15, 0.2) is 0 Å². The highest BCUT2D eigenvalue weighted by atomic mass is 28.4. The van der Waals surface area contributed by atoms with Crippen LogP contribution in [0.15, 0.2) is 0 Å². The third-order valence-electron chi connectivity index (χ3n) is 2.14. The van der Waals surface area contributed by atoms with Crippen LogP contribution in [-0.4, -0.2) is 26.7 Å². The van der Waals surface area contributed by atoms with Gasteiger partial charge < -0.3 is 14.9 Å². The van der Waals surface area contributed by atoms with Crippen LogP contribution in [0.5, 0.6) is 0 Å². The van der Waals surface area contributed by atoms with E-state index >= 15 is 0 Å². The molecule has 0 radical (unpaired) electrons. The van der Waals surface area contributed by atoms with E-state index in [-0.39, 0.29) is 0 Å². The zero-order valence-electron chi connectivity index (χ0n) is 11.4. The molecule has 0 aliphatic heterocycles. The van der Waals surface area contributed by atoms with Gasteiger partial charge in [-0.15, -0.1) is 0 Å². The predicted octanol–water partition coefficient (Wildman–Crippen LogP) is 1.94. The second-order valence-corrected chi connectivity index (χ2v) is 8.54. The first-order valence-electron chi connectivity index (χ1n) is 6.14. The Hall–Kier alpha value is 0.0969. The second kappa shape index (κ2) is 6.63. The van der Waals surface area contributed by atoms with E-state index in [9.17, 15) is 0 Å². The molecule has 0 saturated carbocycles. The van der Waals surface area contributed by atoms with E-state index < -0.39 is 8.56 Å². The average molecular weight is 231 g/mol. The van der Waals surface area contributed by atoms with Gasteiger partial charge in [-0.1, -0.05) is 48.5 Å². The van der Waals surface area contributed by atoms with Gasteiger partial charge in [-0.2, -0.15) is 0 Å². The van der Waals surface area contributed by atoms with Crippen molar-refractivity contribution in [2.75, 3.05) is 0 Å². The molecule has 0 saturated heterocycles. The van der Waals surface area contributed by atoms with E-state index in [0.29, 0.717) is 18.1 Å². The first-order chi connectivity index (χ1) is 6.81. The molecule has 0 rings (SSSR count). The van der Waals surface area contributed by atoms with Crippen LogP contribution in [0.3, 0.4) is 0 Å². The summed E-state index contributed by atoms with van der Waals surface area (Å²) >= 11 is 0. The zero-order chi connectivity index (χ0) is 12.1. The van der Waals surface area contributed by atoms with Crippen molar-refractivity contribution < 1.29 is 0 Å². The van der Waals surface area contributed by atoms with Crippen LogP contribution in [0.25, 0.3) is 0 Å². The van der Waals surface area contributed by atoms with E-state index in [4.69, 9.17) is 0 Å². The summed E-state index contributed by atoms with van der Waals surface area (Å²) in [5.41, 5.74) is 0. The molecule has 0 heterocycles. The third-order valence-corrected chi connectivity index (χ3v) is 6.41. The molecule has 4 heteroatoms. The van der Waals surface area contributed by atoms with Crippen molar-refractivity contribution in [3.8, 4) is 0 Å². The summed E-state index contributed by atoms with van der Waals surface area (Å²) in [7, 11) is -1.71. The molecule has 3 nitrogen and oxygen atoms in total. The van der Waals surface area contributed by atoms with Gasteiger partial charge in [-0.05, 0) is 24.2 Å². The van der Waals surface area contributed by atoms with Gasteiger partial charge in [-0.25, -0.2) is 0 Å². The van der Waals surface area contributed by atoms with Crippen molar-refractivity contribution in [1.29, 1.82) is 0 Å². The van der Waals surface area contributed by atoms with Crippen molar-refractivity contribution in [1.82, 2.24) is 14.9 Å². The Balaban J connectivity index is 4.59. The monoisotopic (exact) mass is 231 g/mol. The lowest BCUT2D eigenvalue weighted by atomic mass is 10.4. The first kappa shape index (κ1) is 15.1. The molecular formula is C11H29N3Si. The highest BCUT2D eigenvalue weighted by molar-refractivity contribution is 6.72. The minimum absolute atomic E-state index is 0.522. The van der Waals surface area contributed by atoms with Crippen molar-refractivity contribution in [3.63, 3.8) is 0 Å². The lowest BCUT2D eigenvalue weighted by Crippen LogP contribution is -2.75. The van der Waals surface area contributed by atoms with E-state index in [1.807, 2.05) is 0 Å². The highest BCUT2D eigenvalue weighted by Crippen LogP contribution is 2.03. The molecule has 0 aromatic carbocycles. The third kappa shape index (κ3) is 6.30. The summed E-state index contributed by atoms with van der Waals surface area (Å²) in [5.74, 6) is 0. The summed E-state index contributed by atoms with van der Waals surface area (Å²) in [6.07, 6.45) is 0. The maximum atomic E-state index is 3.72. The number of nitrogens with one attached hydrogen (secondary N) is 3. The summed E-state index contributed by atoms with van der Waals surface area (Å²) < 4.78 is 0. The average Bonchev–Trinajstić information content (AvgIpc) is 1.99. The van der Waals surface area contributed by atoms with E-state index in [0.717, 1.165) is 6.04 Å². The van der Waals surface area contributed by atoms with Crippen LogP contribution in [0.4, 0.5) is 0 Å². The number of hydrogen-bond donors (Lipinski definition) is 3. The molecule has 0 amide bonds. The van der Waals surface area contributed by atoms with Crippen molar-refractivity contribution in [2.24, 2.45) is 0 Å². The largest absolute Gasteiger partial charge is 0.311 e. The molecule has 92 valence electrons. The fourth-order valence-corrected chi connectivity index (χ4v) is 5.73. The lowest BCUT2D eigenvalue weighted by Gasteiger charge is -2.37. The van der Waals surface area contributed by atoms with Crippen LogP contribution < -0.4 is 14.9 Å². The normalized spacial score (nSPS) is 13.2. The number of hydrogen-bond acceptors (Lipinski definition) is 3. The molecule has 0 aromatic rings. The zero-order valence-corrected chi connectivity index (χ0v) is 12.4. The van der Waals surface area contributed by atoms with Gasteiger partial charge in [0.25, 0.3) is 8.56 Å². The van der Waals surface area contributed by atoms with Crippen LogP contribution in [0.2, 0.25) is 6.04 Å². The quantitative estimate of drug-likeness (QED) is 0.586.